The number of hydrogen-bond donors (Lipinski definition) is 1. The molecule has 4 rings (SSSR count). The van der Waals surface area contributed by atoms with Gasteiger partial charge in [-0.05, 0) is 43.7 Å². The van der Waals surface area contributed by atoms with Crippen LogP contribution in [-0.2, 0) is 22.5 Å². The molecule has 0 saturated carbocycles. The highest BCUT2D eigenvalue weighted by Gasteiger charge is 2.20. The third-order valence-electron chi connectivity index (χ3n) is 5.48. The lowest BCUT2D eigenvalue weighted by Crippen LogP contribution is -2.36. The molecular weight excluding hydrogens is 422 g/mol. The van der Waals surface area contributed by atoms with Gasteiger partial charge in [0.05, 0.1) is 18.5 Å². The molecule has 1 aliphatic rings. The van der Waals surface area contributed by atoms with Crippen LogP contribution in [0.2, 0.25) is 0 Å². The highest BCUT2D eigenvalue weighted by molar-refractivity contribution is 8.00. The Morgan fingerprint density at radius 3 is 2.50 bits per heavy atom. The first-order valence-electron chi connectivity index (χ1n) is 11.0. The van der Waals surface area contributed by atoms with Gasteiger partial charge >= 0.3 is 0 Å². The van der Waals surface area contributed by atoms with Gasteiger partial charge in [0.2, 0.25) is 5.91 Å². The van der Waals surface area contributed by atoms with Crippen molar-refractivity contribution in [1.82, 2.24) is 14.8 Å². The summed E-state index contributed by atoms with van der Waals surface area (Å²) in [5.41, 5.74) is 3.13. The molecule has 168 valence electrons. The van der Waals surface area contributed by atoms with Crippen LogP contribution in [0.5, 0.6) is 0 Å². The van der Waals surface area contributed by atoms with E-state index >= 15 is 0 Å². The topological polar surface area (TPSA) is 72.3 Å². The summed E-state index contributed by atoms with van der Waals surface area (Å²) in [5.74, 6) is 0.858. The largest absolute Gasteiger partial charge is 0.378 e. The maximum absolute atomic E-state index is 12.8. The first kappa shape index (κ1) is 22.4. The van der Waals surface area contributed by atoms with E-state index in [-0.39, 0.29) is 11.2 Å². The molecule has 0 spiro atoms. The van der Waals surface area contributed by atoms with Crippen LogP contribution in [0.3, 0.4) is 0 Å². The van der Waals surface area contributed by atoms with Gasteiger partial charge in [-0.25, -0.2) is 0 Å². The summed E-state index contributed by atoms with van der Waals surface area (Å²) in [6.45, 7) is 8.02. The Hall–Kier alpha value is -2.84. The Morgan fingerprint density at radius 1 is 1.09 bits per heavy atom. The zero-order valence-electron chi connectivity index (χ0n) is 18.5. The fourth-order valence-electron chi connectivity index (χ4n) is 3.67. The predicted octanol–water partition coefficient (Wildman–Crippen LogP) is 3.84. The number of nitrogens with zero attached hydrogens (tertiary/aromatic N) is 4. The minimum Gasteiger partial charge on any atom is -0.378 e. The third-order valence-corrected chi connectivity index (χ3v) is 6.56. The van der Waals surface area contributed by atoms with E-state index in [4.69, 9.17) is 4.74 Å². The van der Waals surface area contributed by atoms with E-state index in [0.29, 0.717) is 0 Å². The molecule has 7 nitrogen and oxygen atoms in total. The molecular formula is C24H29N5O2S. The second kappa shape index (κ2) is 10.7. The number of hydrogen-bond acceptors (Lipinski definition) is 6. The standard InChI is InChI=1S/C24H29N5O2S/c1-3-29-22(17-19-7-5-4-6-8-19)26-27-24(29)32-18(2)23(30)25-20-9-11-21(12-10-20)28-13-15-31-16-14-28/h4-12,18H,3,13-17H2,1-2H3,(H,25,30). The summed E-state index contributed by atoms with van der Waals surface area (Å²) in [7, 11) is 0. The van der Waals surface area contributed by atoms with Gasteiger partial charge in [0, 0.05) is 37.4 Å². The molecule has 1 unspecified atom stereocenters. The monoisotopic (exact) mass is 451 g/mol. The maximum atomic E-state index is 12.8. The molecule has 0 bridgehead atoms. The minimum absolute atomic E-state index is 0.0515. The van der Waals surface area contributed by atoms with Crippen LogP contribution in [0.1, 0.15) is 25.2 Å². The minimum atomic E-state index is -0.298. The smallest absolute Gasteiger partial charge is 0.237 e. The molecule has 0 radical (unpaired) electrons. The average Bonchev–Trinajstić information content (AvgIpc) is 3.21. The number of morpholine rings is 1. The van der Waals surface area contributed by atoms with E-state index in [1.807, 2.05) is 49.4 Å². The van der Waals surface area contributed by atoms with Crippen molar-refractivity contribution < 1.29 is 9.53 Å². The van der Waals surface area contributed by atoms with E-state index in [1.165, 1.54) is 17.3 Å². The van der Waals surface area contributed by atoms with Crippen molar-refractivity contribution in [3.8, 4) is 0 Å². The Morgan fingerprint density at radius 2 is 1.81 bits per heavy atom. The van der Waals surface area contributed by atoms with Crippen molar-refractivity contribution in [3.05, 3.63) is 66.0 Å². The number of anilines is 2. The molecule has 1 N–H and O–H groups in total. The molecule has 1 saturated heterocycles. The van der Waals surface area contributed by atoms with E-state index < -0.39 is 0 Å². The van der Waals surface area contributed by atoms with Crippen molar-refractivity contribution in [2.75, 3.05) is 36.5 Å². The van der Waals surface area contributed by atoms with Gasteiger partial charge in [-0.2, -0.15) is 0 Å². The van der Waals surface area contributed by atoms with Crippen molar-refractivity contribution >= 4 is 29.0 Å². The molecule has 8 heteroatoms. The van der Waals surface area contributed by atoms with Crippen LogP contribution in [0, 0.1) is 0 Å². The highest BCUT2D eigenvalue weighted by atomic mass is 32.2. The Kier molecular flexibility index (Phi) is 7.44. The Labute approximate surface area is 193 Å². The first-order chi connectivity index (χ1) is 15.6. The first-order valence-corrected chi connectivity index (χ1v) is 11.9. The van der Waals surface area contributed by atoms with Crippen molar-refractivity contribution in [1.29, 1.82) is 0 Å². The molecule has 1 fully saturated rings. The van der Waals surface area contributed by atoms with E-state index in [2.05, 4.69) is 44.0 Å². The number of carbonyl (C=O) groups excluding carboxylic acids is 1. The summed E-state index contributed by atoms with van der Waals surface area (Å²) < 4.78 is 7.49. The molecule has 1 amide bonds. The van der Waals surface area contributed by atoms with Gasteiger partial charge in [0.15, 0.2) is 5.16 Å². The number of ether oxygens (including phenoxy) is 1. The van der Waals surface area contributed by atoms with Crippen LogP contribution in [0.4, 0.5) is 11.4 Å². The normalized spacial score (nSPS) is 14.9. The fraction of sp³-hybridized carbons (Fsp3) is 0.375. The number of nitrogens with one attached hydrogen (secondary N) is 1. The molecule has 1 atom stereocenters. The molecule has 2 heterocycles. The second-order valence-electron chi connectivity index (χ2n) is 7.70. The van der Waals surface area contributed by atoms with Gasteiger partial charge in [0.1, 0.15) is 5.82 Å². The van der Waals surface area contributed by atoms with E-state index in [9.17, 15) is 4.79 Å². The summed E-state index contributed by atoms with van der Waals surface area (Å²) in [6.07, 6.45) is 0.721. The van der Waals surface area contributed by atoms with Crippen molar-refractivity contribution in [3.63, 3.8) is 0 Å². The molecule has 32 heavy (non-hydrogen) atoms. The van der Waals surface area contributed by atoms with Crippen LogP contribution >= 0.6 is 11.8 Å². The maximum Gasteiger partial charge on any atom is 0.237 e. The molecule has 1 aromatic heterocycles. The number of aromatic nitrogens is 3. The third kappa shape index (κ3) is 5.49. The quantitative estimate of drug-likeness (QED) is 0.525. The molecule has 1 aliphatic heterocycles. The lowest BCUT2D eigenvalue weighted by atomic mass is 10.1. The van der Waals surface area contributed by atoms with Crippen LogP contribution in [0.15, 0.2) is 59.8 Å². The van der Waals surface area contributed by atoms with E-state index in [1.54, 1.807) is 0 Å². The number of benzene rings is 2. The average molecular weight is 452 g/mol. The highest BCUT2D eigenvalue weighted by Crippen LogP contribution is 2.25. The van der Waals surface area contributed by atoms with Gasteiger partial charge in [0.25, 0.3) is 0 Å². The van der Waals surface area contributed by atoms with E-state index in [0.717, 1.165) is 61.6 Å². The number of thioether (sulfide) groups is 1. The lowest BCUT2D eigenvalue weighted by Gasteiger charge is -2.28. The van der Waals surface area contributed by atoms with Crippen LogP contribution in [-0.4, -0.2) is 52.2 Å². The predicted molar refractivity (Wildman–Crippen MR) is 128 cm³/mol. The summed E-state index contributed by atoms with van der Waals surface area (Å²) in [4.78, 5) is 15.1. The van der Waals surface area contributed by atoms with Crippen molar-refractivity contribution in [2.24, 2.45) is 0 Å². The number of amides is 1. The fourth-order valence-corrected chi connectivity index (χ4v) is 4.60. The molecule has 0 aliphatic carbocycles. The van der Waals surface area contributed by atoms with Gasteiger partial charge in [-0.1, -0.05) is 42.1 Å². The molecule has 3 aromatic rings. The zero-order valence-corrected chi connectivity index (χ0v) is 19.3. The van der Waals surface area contributed by atoms with Gasteiger partial charge in [-0.3, -0.25) is 4.79 Å². The Balaban J connectivity index is 1.36. The summed E-state index contributed by atoms with van der Waals surface area (Å²) >= 11 is 1.43. The number of carbonyl (C=O) groups is 1. The second-order valence-corrected chi connectivity index (χ2v) is 9.01. The summed E-state index contributed by atoms with van der Waals surface area (Å²) in [5, 5.41) is 12.2. The van der Waals surface area contributed by atoms with Crippen LogP contribution in [0.25, 0.3) is 0 Å². The van der Waals surface area contributed by atoms with Crippen molar-refractivity contribution in [2.45, 2.75) is 37.2 Å². The van der Waals surface area contributed by atoms with Gasteiger partial charge < -0.3 is 19.5 Å². The summed E-state index contributed by atoms with van der Waals surface area (Å²) in [6, 6.07) is 18.2. The van der Waals surface area contributed by atoms with Crippen LogP contribution < -0.4 is 10.2 Å². The molecule has 2 aromatic carbocycles. The Bertz CT molecular complexity index is 1020. The zero-order chi connectivity index (χ0) is 22.3. The lowest BCUT2D eigenvalue weighted by molar-refractivity contribution is -0.115. The SMILES string of the molecule is CCn1c(Cc2ccccc2)nnc1SC(C)C(=O)Nc1ccc(N2CCOCC2)cc1. The van der Waals surface area contributed by atoms with Gasteiger partial charge in [-0.15, -0.1) is 10.2 Å². The number of rotatable bonds is 8.